The van der Waals surface area contributed by atoms with Gasteiger partial charge in [-0.25, -0.2) is 4.98 Å². The maximum atomic E-state index is 5.94. The quantitative estimate of drug-likeness (QED) is 0.646. The van der Waals surface area contributed by atoms with Crippen molar-refractivity contribution in [3.63, 3.8) is 0 Å². The predicted molar refractivity (Wildman–Crippen MR) is 64.2 cm³/mol. The lowest BCUT2D eigenvalue weighted by atomic mass is 10.1. The van der Waals surface area contributed by atoms with Crippen LogP contribution in [0.4, 0.5) is 0 Å². The molecule has 1 aromatic heterocycles. The number of nitrogens with zero attached hydrogens (tertiary/aromatic N) is 1. The standard InChI is InChI=1S/C10H6BrCl2N/c1-5-2-9(13)14-10-7(5)3-6(12)4-8(10)11/h2-4H,1H3. The van der Waals surface area contributed by atoms with Crippen LogP contribution in [-0.4, -0.2) is 4.98 Å². The Hall–Kier alpha value is -0.310. The molecule has 1 aromatic carbocycles. The first kappa shape index (κ1) is 10.2. The van der Waals surface area contributed by atoms with Crippen molar-refractivity contribution in [2.75, 3.05) is 0 Å². The highest BCUT2D eigenvalue weighted by molar-refractivity contribution is 9.10. The van der Waals surface area contributed by atoms with E-state index in [4.69, 9.17) is 23.2 Å². The predicted octanol–water partition coefficient (Wildman–Crippen LogP) is 4.61. The van der Waals surface area contributed by atoms with Crippen molar-refractivity contribution in [1.82, 2.24) is 4.98 Å². The van der Waals surface area contributed by atoms with Gasteiger partial charge >= 0.3 is 0 Å². The summed E-state index contributed by atoms with van der Waals surface area (Å²) in [6.45, 7) is 1.98. The van der Waals surface area contributed by atoms with Gasteiger partial charge in [0.15, 0.2) is 0 Å². The molecule has 0 fully saturated rings. The van der Waals surface area contributed by atoms with E-state index in [9.17, 15) is 0 Å². The van der Waals surface area contributed by atoms with Gasteiger partial charge in [0.1, 0.15) is 5.15 Å². The van der Waals surface area contributed by atoms with Crippen LogP contribution < -0.4 is 0 Å². The monoisotopic (exact) mass is 289 g/mol. The van der Waals surface area contributed by atoms with Crippen molar-refractivity contribution in [3.8, 4) is 0 Å². The summed E-state index contributed by atoms with van der Waals surface area (Å²) >= 11 is 15.2. The maximum Gasteiger partial charge on any atom is 0.130 e. The zero-order valence-electron chi connectivity index (χ0n) is 7.31. The minimum absolute atomic E-state index is 0.498. The van der Waals surface area contributed by atoms with Crippen molar-refractivity contribution in [2.45, 2.75) is 6.92 Å². The summed E-state index contributed by atoms with van der Waals surface area (Å²) in [4.78, 5) is 4.24. The van der Waals surface area contributed by atoms with Crippen LogP contribution in [-0.2, 0) is 0 Å². The van der Waals surface area contributed by atoms with Crippen LogP contribution in [0.2, 0.25) is 10.2 Å². The SMILES string of the molecule is Cc1cc(Cl)nc2c(Br)cc(Cl)cc12. The van der Waals surface area contributed by atoms with Crippen LogP contribution in [0.3, 0.4) is 0 Å². The third kappa shape index (κ3) is 1.74. The Labute approximate surface area is 100 Å². The van der Waals surface area contributed by atoms with Gasteiger partial charge < -0.3 is 0 Å². The third-order valence-electron chi connectivity index (χ3n) is 2.01. The van der Waals surface area contributed by atoms with Crippen molar-refractivity contribution in [2.24, 2.45) is 0 Å². The average Bonchev–Trinajstić information content (AvgIpc) is 2.07. The number of aromatic nitrogens is 1. The van der Waals surface area contributed by atoms with Crippen LogP contribution in [0.25, 0.3) is 10.9 Å². The number of halogens is 3. The Morgan fingerprint density at radius 1 is 1.21 bits per heavy atom. The molecule has 1 heterocycles. The number of aryl methyl sites for hydroxylation is 1. The largest absolute Gasteiger partial charge is 0.235 e. The third-order valence-corrected chi connectivity index (χ3v) is 3.02. The van der Waals surface area contributed by atoms with Crippen LogP contribution in [0, 0.1) is 6.92 Å². The van der Waals surface area contributed by atoms with Gasteiger partial charge in [0.2, 0.25) is 0 Å². The summed E-state index contributed by atoms with van der Waals surface area (Å²) in [5.74, 6) is 0. The van der Waals surface area contributed by atoms with Gasteiger partial charge in [-0.05, 0) is 46.6 Å². The van der Waals surface area contributed by atoms with Crippen LogP contribution in [0.15, 0.2) is 22.7 Å². The van der Waals surface area contributed by atoms with E-state index in [0.717, 1.165) is 20.9 Å². The molecule has 0 N–H and O–H groups in total. The molecule has 2 aromatic rings. The molecule has 0 aliphatic heterocycles. The molecule has 0 unspecified atom stereocenters. The molecule has 72 valence electrons. The fourth-order valence-corrected chi connectivity index (χ4v) is 2.52. The number of fused-ring (bicyclic) bond motifs is 1. The lowest BCUT2D eigenvalue weighted by Gasteiger charge is -2.05. The molecular formula is C10H6BrCl2N. The van der Waals surface area contributed by atoms with Gasteiger partial charge in [0.05, 0.1) is 5.52 Å². The number of rotatable bonds is 0. The average molecular weight is 291 g/mol. The molecule has 4 heteroatoms. The molecule has 0 saturated carbocycles. The summed E-state index contributed by atoms with van der Waals surface area (Å²) in [7, 11) is 0. The molecule has 0 aliphatic carbocycles. The number of hydrogen-bond acceptors (Lipinski definition) is 1. The summed E-state index contributed by atoms with van der Waals surface area (Å²) in [6.07, 6.45) is 0. The first-order valence-electron chi connectivity index (χ1n) is 4.00. The molecule has 1 nitrogen and oxygen atoms in total. The van der Waals surface area contributed by atoms with Crippen molar-refractivity contribution < 1.29 is 0 Å². The van der Waals surface area contributed by atoms with Gasteiger partial charge in [0, 0.05) is 14.9 Å². The van der Waals surface area contributed by atoms with E-state index < -0.39 is 0 Å². The smallest absolute Gasteiger partial charge is 0.130 e. The van der Waals surface area contributed by atoms with E-state index in [1.807, 2.05) is 25.1 Å². The van der Waals surface area contributed by atoms with Crippen LogP contribution in [0.1, 0.15) is 5.56 Å². The molecular weight excluding hydrogens is 285 g/mol. The van der Waals surface area contributed by atoms with Crippen molar-refractivity contribution in [1.29, 1.82) is 0 Å². The Balaban J connectivity index is 2.94. The molecule has 0 radical (unpaired) electrons. The summed E-state index contributed by atoms with van der Waals surface area (Å²) < 4.78 is 0.866. The first-order valence-corrected chi connectivity index (χ1v) is 5.55. The van der Waals surface area contributed by atoms with E-state index in [0.29, 0.717) is 10.2 Å². The molecule has 0 saturated heterocycles. The topological polar surface area (TPSA) is 12.9 Å². The molecule has 0 spiro atoms. The molecule has 0 atom stereocenters. The molecule has 14 heavy (non-hydrogen) atoms. The summed E-state index contributed by atoms with van der Waals surface area (Å²) in [6, 6.07) is 5.53. The fraction of sp³-hybridized carbons (Fsp3) is 0.100. The highest BCUT2D eigenvalue weighted by Gasteiger charge is 2.06. The van der Waals surface area contributed by atoms with Crippen molar-refractivity contribution >= 4 is 50.0 Å². The Bertz CT molecular complexity index is 464. The highest BCUT2D eigenvalue weighted by Crippen LogP contribution is 2.30. The Morgan fingerprint density at radius 3 is 2.64 bits per heavy atom. The minimum atomic E-state index is 0.498. The number of pyridine rings is 1. The second-order valence-corrected chi connectivity index (χ2v) is 4.72. The van der Waals surface area contributed by atoms with E-state index in [1.54, 1.807) is 0 Å². The van der Waals surface area contributed by atoms with E-state index >= 15 is 0 Å². The summed E-state index contributed by atoms with van der Waals surface area (Å²) in [5, 5.41) is 2.21. The number of benzene rings is 1. The zero-order valence-corrected chi connectivity index (χ0v) is 10.4. The molecule has 0 amide bonds. The second-order valence-electron chi connectivity index (χ2n) is 3.05. The fourth-order valence-electron chi connectivity index (χ4n) is 1.38. The molecule has 0 aliphatic rings. The van der Waals surface area contributed by atoms with Gasteiger partial charge in [-0.1, -0.05) is 23.2 Å². The van der Waals surface area contributed by atoms with Crippen LogP contribution >= 0.6 is 39.1 Å². The minimum Gasteiger partial charge on any atom is -0.235 e. The molecule has 2 rings (SSSR count). The first-order chi connectivity index (χ1) is 6.58. The maximum absolute atomic E-state index is 5.94. The lowest BCUT2D eigenvalue weighted by Crippen LogP contribution is -1.85. The Morgan fingerprint density at radius 2 is 1.93 bits per heavy atom. The summed E-state index contributed by atoms with van der Waals surface area (Å²) in [5.41, 5.74) is 1.92. The normalized spacial score (nSPS) is 10.9. The van der Waals surface area contributed by atoms with Gasteiger partial charge in [-0.15, -0.1) is 0 Å². The van der Waals surface area contributed by atoms with E-state index in [1.165, 1.54) is 0 Å². The van der Waals surface area contributed by atoms with Crippen LogP contribution in [0.5, 0.6) is 0 Å². The lowest BCUT2D eigenvalue weighted by molar-refractivity contribution is 1.36. The Kier molecular flexibility index (Phi) is 2.69. The van der Waals surface area contributed by atoms with E-state index in [-0.39, 0.29) is 0 Å². The van der Waals surface area contributed by atoms with Gasteiger partial charge in [-0.2, -0.15) is 0 Å². The number of hydrogen-bond donors (Lipinski definition) is 0. The second kappa shape index (κ2) is 3.69. The van der Waals surface area contributed by atoms with Crippen molar-refractivity contribution in [3.05, 3.63) is 38.4 Å². The van der Waals surface area contributed by atoms with Gasteiger partial charge in [-0.3, -0.25) is 0 Å². The molecule has 0 bridgehead atoms. The zero-order chi connectivity index (χ0) is 10.3. The van der Waals surface area contributed by atoms with E-state index in [2.05, 4.69) is 20.9 Å². The van der Waals surface area contributed by atoms with Gasteiger partial charge in [0.25, 0.3) is 0 Å². The highest BCUT2D eigenvalue weighted by atomic mass is 79.9.